The molecule has 2 fully saturated rings. The molecule has 2 heterocycles. The third-order valence-electron chi connectivity index (χ3n) is 7.05. The predicted octanol–water partition coefficient (Wildman–Crippen LogP) is 5.05. The number of nitriles is 3. The minimum absolute atomic E-state index is 0.0311. The average Bonchev–Trinajstić information content (AvgIpc) is 3.68. The number of benzene rings is 2. The number of nitrogens with zero attached hydrogens (tertiary/aromatic N) is 4. The molecule has 0 N–H and O–H groups in total. The second kappa shape index (κ2) is 8.86. The Hall–Kier alpha value is -4.40. The van der Waals surface area contributed by atoms with Crippen LogP contribution in [0.3, 0.4) is 0 Å². The van der Waals surface area contributed by atoms with Gasteiger partial charge in [-0.05, 0) is 36.0 Å². The molecule has 0 aromatic heterocycles. The first kappa shape index (κ1) is 21.4. The molecule has 1 saturated carbocycles. The lowest BCUT2D eigenvalue weighted by Crippen LogP contribution is -2.39. The molecule has 2 aromatic rings. The van der Waals surface area contributed by atoms with E-state index in [0.717, 1.165) is 24.0 Å². The molecular formula is C29H22N4O. The highest BCUT2D eigenvalue weighted by Crippen LogP contribution is 2.54. The lowest BCUT2D eigenvalue weighted by atomic mass is 9.73. The van der Waals surface area contributed by atoms with Gasteiger partial charge in [-0.25, -0.2) is 0 Å². The van der Waals surface area contributed by atoms with Crippen LogP contribution in [0.25, 0.3) is 0 Å². The summed E-state index contributed by atoms with van der Waals surface area (Å²) in [6.07, 6.45) is 7.40. The van der Waals surface area contributed by atoms with Crippen LogP contribution in [-0.2, 0) is 0 Å². The van der Waals surface area contributed by atoms with Gasteiger partial charge in [0, 0.05) is 23.6 Å². The molecule has 5 heteroatoms. The summed E-state index contributed by atoms with van der Waals surface area (Å²) in [6, 6.07) is 24.8. The Labute approximate surface area is 199 Å². The highest BCUT2D eigenvalue weighted by atomic mass is 16.1. The third kappa shape index (κ3) is 3.61. The van der Waals surface area contributed by atoms with Crippen LogP contribution in [0.5, 0.6) is 0 Å². The van der Waals surface area contributed by atoms with Crippen LogP contribution in [0.4, 0.5) is 0 Å². The molecule has 2 aliphatic heterocycles. The zero-order valence-corrected chi connectivity index (χ0v) is 18.5. The fourth-order valence-corrected chi connectivity index (χ4v) is 5.53. The number of fused-ring (bicyclic) bond motifs is 1. The van der Waals surface area contributed by atoms with Crippen LogP contribution in [0, 0.1) is 45.8 Å². The molecule has 1 saturated heterocycles. The van der Waals surface area contributed by atoms with Gasteiger partial charge in [0.15, 0.2) is 5.78 Å². The molecule has 5 rings (SSSR count). The van der Waals surface area contributed by atoms with Gasteiger partial charge in [-0.15, -0.1) is 0 Å². The maximum atomic E-state index is 14.0. The van der Waals surface area contributed by atoms with E-state index in [0.29, 0.717) is 11.1 Å². The fourth-order valence-electron chi connectivity index (χ4n) is 5.53. The van der Waals surface area contributed by atoms with Crippen molar-refractivity contribution >= 4 is 5.78 Å². The van der Waals surface area contributed by atoms with E-state index < -0.39 is 6.04 Å². The number of carbonyl (C=O) groups is 1. The van der Waals surface area contributed by atoms with Crippen molar-refractivity contribution in [3.05, 3.63) is 107 Å². The fraction of sp³-hybridized carbons (Fsp3) is 0.241. The van der Waals surface area contributed by atoms with Gasteiger partial charge in [0.2, 0.25) is 0 Å². The van der Waals surface area contributed by atoms with Gasteiger partial charge < -0.3 is 4.90 Å². The zero-order valence-electron chi connectivity index (χ0n) is 18.5. The Morgan fingerprint density at radius 3 is 2.15 bits per heavy atom. The first-order valence-electron chi connectivity index (χ1n) is 11.4. The van der Waals surface area contributed by atoms with Gasteiger partial charge in [-0.3, -0.25) is 4.79 Å². The second-order valence-electron chi connectivity index (χ2n) is 8.96. The predicted molar refractivity (Wildman–Crippen MR) is 127 cm³/mol. The van der Waals surface area contributed by atoms with Crippen molar-refractivity contribution in [3.8, 4) is 18.2 Å². The van der Waals surface area contributed by atoms with Gasteiger partial charge in [0.1, 0.15) is 23.8 Å². The molecule has 0 amide bonds. The Morgan fingerprint density at radius 2 is 1.56 bits per heavy atom. The van der Waals surface area contributed by atoms with Crippen molar-refractivity contribution in [2.45, 2.75) is 30.8 Å². The molecule has 0 unspecified atom stereocenters. The summed E-state index contributed by atoms with van der Waals surface area (Å²) in [4.78, 5) is 16.0. The molecule has 34 heavy (non-hydrogen) atoms. The Kier molecular flexibility index (Phi) is 5.59. The normalized spacial score (nSPS) is 24.7. The Balaban J connectivity index is 1.75. The molecule has 4 atom stereocenters. The molecule has 1 aliphatic carbocycles. The quantitative estimate of drug-likeness (QED) is 0.477. The van der Waals surface area contributed by atoms with E-state index in [1.165, 1.54) is 0 Å². The lowest BCUT2D eigenvalue weighted by Gasteiger charge is -2.31. The summed E-state index contributed by atoms with van der Waals surface area (Å²) in [6.45, 7) is 0. The van der Waals surface area contributed by atoms with Crippen LogP contribution in [0.15, 0.2) is 95.7 Å². The van der Waals surface area contributed by atoms with Crippen molar-refractivity contribution in [3.63, 3.8) is 0 Å². The average molecular weight is 443 g/mol. The van der Waals surface area contributed by atoms with E-state index in [4.69, 9.17) is 0 Å². The largest absolute Gasteiger partial charge is 0.358 e. The molecular weight excluding hydrogens is 420 g/mol. The number of allylic oxidation sites excluding steroid dienone is 3. The Morgan fingerprint density at radius 1 is 0.912 bits per heavy atom. The monoisotopic (exact) mass is 442 g/mol. The smallest absolute Gasteiger partial charge is 0.185 e. The second-order valence-corrected chi connectivity index (χ2v) is 8.96. The summed E-state index contributed by atoms with van der Waals surface area (Å²) in [5.41, 5.74) is 3.09. The minimum Gasteiger partial charge on any atom is -0.358 e. The maximum absolute atomic E-state index is 14.0. The zero-order chi connectivity index (χ0) is 23.7. The summed E-state index contributed by atoms with van der Waals surface area (Å²) in [7, 11) is 0. The van der Waals surface area contributed by atoms with E-state index in [2.05, 4.69) is 18.2 Å². The summed E-state index contributed by atoms with van der Waals surface area (Å²) in [5, 5.41) is 29.3. The SMILES string of the molecule is N#CC1=CN2[C@H](C=C1)[C@@H](C(=C(C#N)C#N)C1CC1)[C@@H](c1ccccc1)[C@H]2C(=O)c1ccccc1. The highest BCUT2D eigenvalue weighted by Gasteiger charge is 2.55. The highest BCUT2D eigenvalue weighted by molar-refractivity contribution is 6.01. The maximum Gasteiger partial charge on any atom is 0.185 e. The van der Waals surface area contributed by atoms with E-state index >= 15 is 0 Å². The lowest BCUT2D eigenvalue weighted by molar-refractivity contribution is 0.0881. The van der Waals surface area contributed by atoms with Crippen LogP contribution < -0.4 is 0 Å². The molecule has 0 bridgehead atoms. The number of carbonyl (C=O) groups excluding carboxylic acids is 1. The topological polar surface area (TPSA) is 91.7 Å². The van der Waals surface area contributed by atoms with E-state index in [-0.39, 0.29) is 35.2 Å². The summed E-state index contributed by atoms with van der Waals surface area (Å²) >= 11 is 0. The number of hydrogen-bond acceptors (Lipinski definition) is 5. The van der Waals surface area contributed by atoms with Gasteiger partial charge >= 0.3 is 0 Å². The van der Waals surface area contributed by atoms with Gasteiger partial charge in [-0.1, -0.05) is 66.7 Å². The molecule has 0 spiro atoms. The van der Waals surface area contributed by atoms with Crippen LogP contribution >= 0.6 is 0 Å². The van der Waals surface area contributed by atoms with E-state index in [9.17, 15) is 20.6 Å². The third-order valence-corrected chi connectivity index (χ3v) is 7.05. The van der Waals surface area contributed by atoms with Gasteiger partial charge in [0.25, 0.3) is 0 Å². The number of rotatable bonds is 5. The number of hydrogen-bond donors (Lipinski definition) is 0. The molecule has 3 aliphatic rings. The molecule has 2 aromatic carbocycles. The van der Waals surface area contributed by atoms with Crippen molar-refractivity contribution in [1.82, 2.24) is 4.90 Å². The van der Waals surface area contributed by atoms with E-state index in [1.54, 1.807) is 12.3 Å². The number of ketones is 1. The minimum atomic E-state index is -0.569. The standard InChI is InChI=1S/C29H22N4O/c30-15-19-11-14-24-27(25(21-12-13-21)23(16-31)17-32)26(20-7-3-1-4-8-20)28(33(24)18-19)29(34)22-9-5-2-6-10-22/h1-11,14,18,21,24,26-28H,12-13H2/t24-,26-,27+,28+/m1/s1. The van der Waals surface area contributed by atoms with Crippen LogP contribution in [0.1, 0.15) is 34.7 Å². The van der Waals surface area contributed by atoms with Crippen molar-refractivity contribution < 1.29 is 4.79 Å². The van der Waals surface area contributed by atoms with Gasteiger partial charge in [0.05, 0.1) is 17.7 Å². The van der Waals surface area contributed by atoms with Crippen molar-refractivity contribution in [2.24, 2.45) is 11.8 Å². The van der Waals surface area contributed by atoms with Crippen LogP contribution in [0.2, 0.25) is 0 Å². The molecule has 5 nitrogen and oxygen atoms in total. The van der Waals surface area contributed by atoms with E-state index in [1.807, 2.05) is 71.6 Å². The van der Waals surface area contributed by atoms with Crippen LogP contribution in [-0.4, -0.2) is 22.8 Å². The first-order valence-corrected chi connectivity index (χ1v) is 11.4. The Bertz CT molecular complexity index is 1310. The van der Waals surface area contributed by atoms with Gasteiger partial charge in [-0.2, -0.15) is 15.8 Å². The summed E-state index contributed by atoms with van der Waals surface area (Å²) in [5.74, 6) is -0.358. The molecule has 164 valence electrons. The number of Topliss-reactive ketones (excluding diaryl/α,β-unsaturated/α-hetero) is 1. The molecule has 0 radical (unpaired) electrons. The van der Waals surface area contributed by atoms with Crippen molar-refractivity contribution in [2.75, 3.05) is 0 Å². The van der Waals surface area contributed by atoms with Crippen molar-refractivity contribution in [1.29, 1.82) is 15.8 Å². The summed E-state index contributed by atoms with van der Waals surface area (Å²) < 4.78 is 0. The first-order chi connectivity index (χ1) is 16.7.